The summed E-state index contributed by atoms with van der Waals surface area (Å²) in [5.41, 5.74) is 11.7. The number of nitrogens with zero attached hydrogens (tertiary/aromatic N) is 4. The summed E-state index contributed by atoms with van der Waals surface area (Å²) in [4.78, 5) is 67.4. The number of rotatable bonds is 9. The van der Waals surface area contributed by atoms with E-state index in [9.17, 15) is 24.0 Å². The molecule has 1 fully saturated rings. The highest BCUT2D eigenvalue weighted by molar-refractivity contribution is 5.98. The van der Waals surface area contributed by atoms with Crippen LogP contribution in [0.1, 0.15) is 22.3 Å². The van der Waals surface area contributed by atoms with Crippen LogP contribution in [-0.2, 0) is 25.7 Å². The number of carbonyl (C=O) groups excluding carboxylic acids is 3. The van der Waals surface area contributed by atoms with Gasteiger partial charge in [-0.2, -0.15) is 0 Å². The van der Waals surface area contributed by atoms with Crippen LogP contribution in [0, 0.1) is 0 Å². The van der Waals surface area contributed by atoms with E-state index in [1.54, 1.807) is 24.3 Å². The summed E-state index contributed by atoms with van der Waals surface area (Å²) >= 11 is 0. The fourth-order valence-corrected chi connectivity index (χ4v) is 3.34. The fourth-order valence-electron chi connectivity index (χ4n) is 3.34. The minimum atomic E-state index is -1.35. The van der Waals surface area contributed by atoms with E-state index in [4.69, 9.17) is 21.7 Å². The van der Waals surface area contributed by atoms with E-state index in [2.05, 4.69) is 4.99 Å². The number of carboxylic acid groups (broad SMARTS) is 2. The SMILES string of the molecule is CN(CC(=O)N1CCN(CC(=O)O)C(=O)[C@@H]1CC(=O)O)C(=O)c1ccc(CN=C(N)N)cc1. The number of likely N-dealkylation sites (N-methyl/N-ethyl adjacent to an activating group) is 1. The first-order chi connectivity index (χ1) is 15.5. The zero-order valence-electron chi connectivity index (χ0n) is 18.0. The van der Waals surface area contributed by atoms with Gasteiger partial charge >= 0.3 is 11.9 Å². The van der Waals surface area contributed by atoms with Crippen molar-refractivity contribution in [2.75, 3.05) is 33.2 Å². The van der Waals surface area contributed by atoms with Gasteiger partial charge in [-0.05, 0) is 17.7 Å². The predicted molar refractivity (Wildman–Crippen MR) is 115 cm³/mol. The van der Waals surface area contributed by atoms with E-state index in [1.807, 2.05) is 0 Å². The molecular weight excluding hydrogens is 436 g/mol. The van der Waals surface area contributed by atoms with Crippen LogP contribution in [0.5, 0.6) is 0 Å². The monoisotopic (exact) mass is 462 g/mol. The molecule has 1 aliphatic rings. The summed E-state index contributed by atoms with van der Waals surface area (Å²) in [6, 6.07) is 5.10. The van der Waals surface area contributed by atoms with Gasteiger partial charge in [-0.15, -0.1) is 0 Å². The van der Waals surface area contributed by atoms with Crippen LogP contribution < -0.4 is 11.5 Å². The second kappa shape index (κ2) is 10.9. The Hall–Kier alpha value is -4.16. The summed E-state index contributed by atoms with van der Waals surface area (Å²) in [5.74, 6) is -4.45. The Morgan fingerprint density at radius 1 is 1.09 bits per heavy atom. The van der Waals surface area contributed by atoms with Crippen molar-refractivity contribution in [1.82, 2.24) is 14.7 Å². The molecule has 0 saturated carbocycles. The number of guanidine groups is 1. The highest BCUT2D eigenvalue weighted by Crippen LogP contribution is 2.16. The molecule has 6 N–H and O–H groups in total. The summed E-state index contributed by atoms with van der Waals surface area (Å²) in [6.45, 7) is -0.831. The highest BCUT2D eigenvalue weighted by atomic mass is 16.4. The molecule has 0 spiro atoms. The van der Waals surface area contributed by atoms with Gasteiger partial charge in [-0.25, -0.2) is 4.99 Å². The van der Waals surface area contributed by atoms with Crippen molar-refractivity contribution in [1.29, 1.82) is 0 Å². The minimum Gasteiger partial charge on any atom is -0.481 e. The van der Waals surface area contributed by atoms with Crippen LogP contribution in [0.2, 0.25) is 0 Å². The molecule has 178 valence electrons. The molecule has 0 aromatic heterocycles. The zero-order chi connectivity index (χ0) is 24.7. The second-order valence-electron chi connectivity index (χ2n) is 7.45. The van der Waals surface area contributed by atoms with E-state index >= 15 is 0 Å². The number of hydrogen-bond donors (Lipinski definition) is 4. The number of hydrogen-bond acceptors (Lipinski definition) is 6. The van der Waals surface area contributed by atoms with Gasteiger partial charge in [0.05, 0.1) is 19.5 Å². The molecule has 3 amide bonds. The standard InChI is InChI=1S/C20H26N6O7/c1-24(18(32)13-4-2-12(3-5-13)9-23-20(21)22)10-15(27)26-7-6-25(11-17(30)31)19(33)14(26)8-16(28)29/h2-5,14H,6-11H2,1H3,(H,28,29)(H,30,31)(H4,21,22,23)/t14-/m0/s1. The molecule has 1 saturated heterocycles. The Kier molecular flexibility index (Phi) is 8.31. The number of carbonyl (C=O) groups is 5. The lowest BCUT2D eigenvalue weighted by Crippen LogP contribution is -2.61. The Morgan fingerprint density at radius 3 is 2.27 bits per heavy atom. The van der Waals surface area contributed by atoms with Crippen LogP contribution in [0.25, 0.3) is 0 Å². The van der Waals surface area contributed by atoms with Crippen LogP contribution in [-0.4, -0.2) is 99.8 Å². The van der Waals surface area contributed by atoms with Gasteiger partial charge in [-0.3, -0.25) is 24.0 Å². The topological polar surface area (TPSA) is 200 Å². The lowest BCUT2D eigenvalue weighted by Gasteiger charge is -2.40. The van der Waals surface area contributed by atoms with Gasteiger partial charge in [0.1, 0.15) is 12.6 Å². The van der Waals surface area contributed by atoms with Crippen LogP contribution in [0.3, 0.4) is 0 Å². The Labute approximate surface area is 189 Å². The summed E-state index contributed by atoms with van der Waals surface area (Å²) in [7, 11) is 1.41. The predicted octanol–water partition coefficient (Wildman–Crippen LogP) is -1.87. The maximum absolute atomic E-state index is 12.8. The van der Waals surface area contributed by atoms with Crippen molar-refractivity contribution < 1.29 is 34.2 Å². The van der Waals surface area contributed by atoms with Gasteiger partial charge in [0.2, 0.25) is 11.8 Å². The van der Waals surface area contributed by atoms with E-state index in [0.717, 1.165) is 20.3 Å². The fraction of sp³-hybridized carbons (Fsp3) is 0.400. The summed E-state index contributed by atoms with van der Waals surface area (Å²) in [6.07, 6.45) is -0.671. The van der Waals surface area contributed by atoms with Gasteiger partial charge in [0, 0.05) is 25.7 Å². The lowest BCUT2D eigenvalue weighted by atomic mass is 10.1. The van der Waals surface area contributed by atoms with Crippen LogP contribution >= 0.6 is 0 Å². The smallest absolute Gasteiger partial charge is 0.323 e. The molecule has 13 nitrogen and oxygen atoms in total. The Bertz CT molecular complexity index is 958. The molecule has 1 aromatic carbocycles. The van der Waals surface area contributed by atoms with Crippen molar-refractivity contribution in [3.63, 3.8) is 0 Å². The van der Waals surface area contributed by atoms with Gasteiger partial charge < -0.3 is 36.4 Å². The third kappa shape index (κ3) is 6.92. The molecule has 33 heavy (non-hydrogen) atoms. The number of aliphatic imine (C=N–C) groups is 1. The maximum Gasteiger partial charge on any atom is 0.323 e. The molecule has 1 aliphatic heterocycles. The Balaban J connectivity index is 2.07. The number of carboxylic acids is 2. The van der Waals surface area contributed by atoms with Crippen molar-refractivity contribution in [2.24, 2.45) is 16.5 Å². The van der Waals surface area contributed by atoms with E-state index < -0.39 is 55.2 Å². The van der Waals surface area contributed by atoms with Crippen LogP contribution in [0.15, 0.2) is 29.3 Å². The molecule has 13 heteroatoms. The molecule has 1 atom stereocenters. The molecule has 0 radical (unpaired) electrons. The second-order valence-corrected chi connectivity index (χ2v) is 7.45. The summed E-state index contributed by atoms with van der Waals surface area (Å²) < 4.78 is 0. The van der Waals surface area contributed by atoms with Crippen molar-refractivity contribution in [3.05, 3.63) is 35.4 Å². The molecule has 0 bridgehead atoms. The number of piperazine rings is 1. The third-order valence-corrected chi connectivity index (χ3v) is 4.96. The first-order valence-electron chi connectivity index (χ1n) is 9.91. The van der Waals surface area contributed by atoms with Gasteiger partial charge in [0.25, 0.3) is 5.91 Å². The van der Waals surface area contributed by atoms with Crippen molar-refractivity contribution in [2.45, 2.75) is 19.0 Å². The largest absolute Gasteiger partial charge is 0.481 e. The summed E-state index contributed by atoms with van der Waals surface area (Å²) in [5, 5.41) is 18.1. The zero-order valence-corrected chi connectivity index (χ0v) is 18.0. The van der Waals surface area contributed by atoms with Crippen LogP contribution in [0.4, 0.5) is 0 Å². The highest BCUT2D eigenvalue weighted by Gasteiger charge is 2.39. The van der Waals surface area contributed by atoms with Gasteiger partial charge in [-0.1, -0.05) is 12.1 Å². The van der Waals surface area contributed by atoms with Crippen molar-refractivity contribution in [3.8, 4) is 0 Å². The molecule has 1 heterocycles. The lowest BCUT2D eigenvalue weighted by molar-refractivity contribution is -0.158. The number of benzene rings is 1. The normalized spacial score (nSPS) is 15.7. The Morgan fingerprint density at radius 2 is 1.73 bits per heavy atom. The average molecular weight is 462 g/mol. The van der Waals surface area contributed by atoms with Gasteiger partial charge in [0.15, 0.2) is 5.96 Å². The molecule has 1 aromatic rings. The quantitative estimate of drug-likeness (QED) is 0.240. The number of amides is 3. The van der Waals surface area contributed by atoms with E-state index in [-0.39, 0.29) is 25.6 Å². The first-order valence-corrected chi connectivity index (χ1v) is 9.91. The van der Waals surface area contributed by atoms with E-state index in [1.165, 1.54) is 7.05 Å². The number of nitrogens with two attached hydrogens (primary N) is 2. The average Bonchev–Trinajstić information content (AvgIpc) is 2.74. The van der Waals surface area contributed by atoms with E-state index in [0.29, 0.717) is 5.56 Å². The number of aliphatic carboxylic acids is 2. The molecule has 2 rings (SSSR count). The molecule has 0 unspecified atom stereocenters. The maximum atomic E-state index is 12.8. The molecular formula is C20H26N6O7. The molecule has 0 aliphatic carbocycles. The minimum absolute atomic E-state index is 0.0443. The first kappa shape index (κ1) is 25.1. The third-order valence-electron chi connectivity index (χ3n) is 4.96. The van der Waals surface area contributed by atoms with Crippen molar-refractivity contribution >= 4 is 35.6 Å².